The molecule has 0 radical (unpaired) electrons. The van der Waals surface area contributed by atoms with Crippen LogP contribution in [0.2, 0.25) is 0 Å². The van der Waals surface area contributed by atoms with Crippen LogP contribution in [0.15, 0.2) is 36.4 Å². The lowest BCUT2D eigenvalue weighted by molar-refractivity contribution is -0.385. The summed E-state index contributed by atoms with van der Waals surface area (Å²) in [4.78, 5) is 22.2. The average Bonchev–Trinajstić information content (AvgIpc) is 2.46. The fourth-order valence-corrected chi connectivity index (χ4v) is 1.96. The number of rotatable bonds is 4. The van der Waals surface area contributed by atoms with Crippen molar-refractivity contribution in [2.75, 3.05) is 7.11 Å². The fourth-order valence-electron chi connectivity index (χ4n) is 1.96. The van der Waals surface area contributed by atoms with Crippen molar-refractivity contribution in [3.8, 4) is 5.75 Å². The quantitative estimate of drug-likeness (QED) is 0.492. The first-order valence-electron chi connectivity index (χ1n) is 6.07. The average molecular weight is 289 g/mol. The van der Waals surface area contributed by atoms with Crippen LogP contribution in [-0.2, 0) is 0 Å². The minimum atomic E-state index is -0.913. The summed E-state index contributed by atoms with van der Waals surface area (Å²) in [6.07, 6.45) is 0. The summed E-state index contributed by atoms with van der Waals surface area (Å²) in [7, 11) is 1.51. The van der Waals surface area contributed by atoms with E-state index in [9.17, 15) is 19.3 Å². The Labute approximate surface area is 120 Å². The Hall–Kier alpha value is -2.76. The molecule has 0 saturated carbocycles. The van der Waals surface area contributed by atoms with Crippen molar-refractivity contribution in [1.82, 2.24) is 0 Å². The van der Waals surface area contributed by atoms with Crippen LogP contribution in [0.5, 0.6) is 5.75 Å². The van der Waals surface area contributed by atoms with E-state index in [1.54, 1.807) is 19.1 Å². The van der Waals surface area contributed by atoms with Gasteiger partial charge in [0.2, 0.25) is 0 Å². The molecule has 0 aliphatic carbocycles. The molecule has 0 atom stereocenters. The normalized spacial score (nSPS) is 10.2. The number of nitrogens with zero attached hydrogens (tertiary/aromatic N) is 1. The zero-order valence-electron chi connectivity index (χ0n) is 11.4. The van der Waals surface area contributed by atoms with Crippen molar-refractivity contribution in [2.45, 2.75) is 6.92 Å². The largest absolute Gasteiger partial charge is 0.497 e. The van der Waals surface area contributed by atoms with Gasteiger partial charge in [0.1, 0.15) is 11.6 Å². The topological polar surface area (TPSA) is 69.4 Å². The van der Waals surface area contributed by atoms with E-state index < -0.39 is 22.2 Å². The Morgan fingerprint density at radius 2 is 1.86 bits per heavy atom. The zero-order valence-corrected chi connectivity index (χ0v) is 11.4. The number of methoxy groups -OCH3 is 1. The lowest BCUT2D eigenvalue weighted by Gasteiger charge is -2.08. The van der Waals surface area contributed by atoms with Gasteiger partial charge in [-0.25, -0.2) is 4.39 Å². The van der Waals surface area contributed by atoms with Gasteiger partial charge in [0, 0.05) is 11.6 Å². The maximum atomic E-state index is 13.9. The number of aryl methyl sites for hydroxylation is 1. The minimum Gasteiger partial charge on any atom is -0.497 e. The van der Waals surface area contributed by atoms with Gasteiger partial charge >= 0.3 is 0 Å². The van der Waals surface area contributed by atoms with E-state index in [-0.39, 0.29) is 5.56 Å². The standard InChI is InChI=1S/C15H12FNO4/c1-9-7-11(21-2)4-6-12(9)15(18)13-5-3-10(17(19)20)8-14(13)16/h3-8H,1-2H3. The molecule has 0 aromatic heterocycles. The highest BCUT2D eigenvalue weighted by molar-refractivity contribution is 6.10. The van der Waals surface area contributed by atoms with Crippen LogP contribution in [-0.4, -0.2) is 17.8 Å². The van der Waals surface area contributed by atoms with Gasteiger partial charge in [-0.05, 0) is 36.8 Å². The molecule has 0 aliphatic heterocycles. The molecular formula is C15H12FNO4. The van der Waals surface area contributed by atoms with Crippen molar-refractivity contribution in [3.63, 3.8) is 0 Å². The molecule has 0 N–H and O–H groups in total. The first-order chi connectivity index (χ1) is 9.93. The SMILES string of the molecule is COc1ccc(C(=O)c2ccc([N+](=O)[O-])cc2F)c(C)c1. The molecule has 0 saturated heterocycles. The number of benzene rings is 2. The van der Waals surface area contributed by atoms with Crippen LogP contribution in [0.25, 0.3) is 0 Å². The fraction of sp³-hybridized carbons (Fsp3) is 0.133. The molecular weight excluding hydrogens is 277 g/mol. The molecule has 5 nitrogen and oxygen atoms in total. The monoisotopic (exact) mass is 289 g/mol. The zero-order chi connectivity index (χ0) is 15.6. The van der Waals surface area contributed by atoms with Crippen LogP contribution >= 0.6 is 0 Å². The highest BCUT2D eigenvalue weighted by Crippen LogP contribution is 2.23. The number of halogens is 1. The van der Waals surface area contributed by atoms with Gasteiger partial charge in [0.05, 0.1) is 23.7 Å². The number of ketones is 1. The molecule has 21 heavy (non-hydrogen) atoms. The molecule has 0 bridgehead atoms. The van der Waals surface area contributed by atoms with Gasteiger partial charge < -0.3 is 4.74 Å². The van der Waals surface area contributed by atoms with Crippen LogP contribution in [0, 0.1) is 22.9 Å². The van der Waals surface area contributed by atoms with E-state index in [0.29, 0.717) is 16.9 Å². The first-order valence-corrected chi connectivity index (χ1v) is 6.07. The second-order valence-corrected chi connectivity index (χ2v) is 4.43. The number of nitro benzene ring substituents is 1. The number of non-ortho nitro benzene ring substituents is 1. The third-order valence-electron chi connectivity index (χ3n) is 3.09. The van der Waals surface area contributed by atoms with Gasteiger partial charge in [-0.1, -0.05) is 0 Å². The molecule has 0 spiro atoms. The predicted molar refractivity (Wildman–Crippen MR) is 74.2 cm³/mol. The van der Waals surface area contributed by atoms with E-state index >= 15 is 0 Å². The summed E-state index contributed by atoms with van der Waals surface area (Å²) in [6.45, 7) is 1.71. The summed E-state index contributed by atoms with van der Waals surface area (Å²) in [5, 5.41) is 10.6. The Morgan fingerprint density at radius 3 is 2.38 bits per heavy atom. The van der Waals surface area contributed by atoms with Gasteiger partial charge in [0.15, 0.2) is 5.78 Å². The third-order valence-corrected chi connectivity index (χ3v) is 3.09. The molecule has 6 heteroatoms. The summed E-state index contributed by atoms with van der Waals surface area (Å²) >= 11 is 0. The summed E-state index contributed by atoms with van der Waals surface area (Å²) < 4.78 is 18.9. The highest BCUT2D eigenvalue weighted by atomic mass is 19.1. The Balaban J connectivity index is 2.43. The van der Waals surface area contributed by atoms with Crippen LogP contribution in [0.4, 0.5) is 10.1 Å². The van der Waals surface area contributed by atoms with Gasteiger partial charge in [-0.2, -0.15) is 0 Å². The van der Waals surface area contributed by atoms with Crippen molar-refractivity contribution in [2.24, 2.45) is 0 Å². The maximum absolute atomic E-state index is 13.9. The minimum absolute atomic E-state index is 0.200. The van der Waals surface area contributed by atoms with E-state index in [2.05, 4.69) is 0 Å². The Kier molecular flexibility index (Phi) is 3.98. The second kappa shape index (κ2) is 5.70. The lowest BCUT2D eigenvalue weighted by atomic mass is 9.98. The van der Waals surface area contributed by atoms with Gasteiger partial charge in [-0.15, -0.1) is 0 Å². The summed E-state index contributed by atoms with van der Waals surface area (Å²) in [5.41, 5.74) is 0.366. The van der Waals surface area contributed by atoms with Crippen LogP contribution in [0.3, 0.4) is 0 Å². The molecule has 0 unspecified atom stereocenters. The first kappa shape index (κ1) is 14.6. The van der Waals surface area contributed by atoms with Gasteiger partial charge in [0.25, 0.3) is 5.69 Å². The number of hydrogen-bond donors (Lipinski definition) is 0. The predicted octanol–water partition coefficient (Wildman–Crippen LogP) is 3.28. The van der Waals surface area contributed by atoms with Gasteiger partial charge in [-0.3, -0.25) is 14.9 Å². The van der Waals surface area contributed by atoms with Crippen LogP contribution in [0.1, 0.15) is 21.5 Å². The van der Waals surface area contributed by atoms with Crippen LogP contribution < -0.4 is 4.74 Å². The molecule has 0 fully saturated rings. The van der Waals surface area contributed by atoms with E-state index in [0.717, 1.165) is 18.2 Å². The Morgan fingerprint density at radius 1 is 1.19 bits per heavy atom. The highest BCUT2D eigenvalue weighted by Gasteiger charge is 2.19. The molecule has 108 valence electrons. The van der Waals surface area contributed by atoms with Crippen molar-refractivity contribution < 1.29 is 18.8 Å². The molecule has 2 aromatic rings. The summed E-state index contributed by atoms with van der Waals surface area (Å²) in [6, 6.07) is 7.78. The molecule has 0 heterocycles. The van der Waals surface area contributed by atoms with E-state index in [1.807, 2.05) is 0 Å². The number of ether oxygens (including phenoxy) is 1. The molecule has 2 rings (SSSR count). The van der Waals surface area contributed by atoms with Crippen molar-refractivity contribution >= 4 is 11.5 Å². The van der Waals surface area contributed by atoms with E-state index in [4.69, 9.17) is 4.74 Å². The molecule has 2 aromatic carbocycles. The number of carbonyl (C=O) groups excluding carboxylic acids is 1. The third kappa shape index (κ3) is 2.89. The summed E-state index contributed by atoms with van der Waals surface area (Å²) in [5.74, 6) is -0.847. The smallest absolute Gasteiger partial charge is 0.272 e. The van der Waals surface area contributed by atoms with E-state index in [1.165, 1.54) is 13.2 Å². The second-order valence-electron chi connectivity index (χ2n) is 4.43. The molecule has 0 aliphatic rings. The van der Waals surface area contributed by atoms with Crippen molar-refractivity contribution in [1.29, 1.82) is 0 Å². The number of hydrogen-bond acceptors (Lipinski definition) is 4. The number of nitro groups is 1. The number of carbonyl (C=O) groups is 1. The van der Waals surface area contributed by atoms with Crippen molar-refractivity contribution in [3.05, 3.63) is 69.0 Å². The maximum Gasteiger partial charge on any atom is 0.272 e. The lowest BCUT2D eigenvalue weighted by Crippen LogP contribution is -2.07. The molecule has 0 amide bonds. The Bertz CT molecular complexity index is 728.